The summed E-state index contributed by atoms with van der Waals surface area (Å²) in [5, 5.41) is 0.286. The molecule has 29 heavy (non-hydrogen) atoms. The van der Waals surface area contributed by atoms with E-state index >= 15 is 0 Å². The van der Waals surface area contributed by atoms with Crippen molar-refractivity contribution < 1.29 is 17.9 Å². The number of piperazine rings is 1. The second-order valence-electron chi connectivity index (χ2n) is 7.25. The second-order valence-corrected chi connectivity index (χ2v) is 9.60. The standard InChI is InChI=1S/C21H27ClN2O4S/c1-16(2)28-20-7-5-4-6-17(20)15-23-10-12-24(13-11-23)29(25,26)18-8-9-21(27-3)19(22)14-18/h4-9,14,16H,10-13,15H2,1-3H3. The van der Waals surface area contributed by atoms with Crippen LogP contribution in [0, 0.1) is 0 Å². The van der Waals surface area contributed by atoms with E-state index in [1.54, 1.807) is 6.07 Å². The third-order valence-corrected chi connectivity index (χ3v) is 7.01. The first kappa shape index (κ1) is 21.9. The normalized spacial score (nSPS) is 16.2. The Bertz CT molecular complexity index is 941. The Morgan fingerprint density at radius 2 is 1.72 bits per heavy atom. The zero-order valence-electron chi connectivity index (χ0n) is 17.0. The van der Waals surface area contributed by atoms with Crippen LogP contribution in [0.15, 0.2) is 47.4 Å². The van der Waals surface area contributed by atoms with Gasteiger partial charge < -0.3 is 9.47 Å². The van der Waals surface area contributed by atoms with Crippen molar-refractivity contribution in [1.82, 2.24) is 9.21 Å². The van der Waals surface area contributed by atoms with Crippen molar-refractivity contribution in [3.05, 3.63) is 53.1 Å². The van der Waals surface area contributed by atoms with E-state index < -0.39 is 10.0 Å². The zero-order valence-corrected chi connectivity index (χ0v) is 18.5. The molecule has 1 heterocycles. The summed E-state index contributed by atoms with van der Waals surface area (Å²) in [4.78, 5) is 2.43. The molecule has 6 nitrogen and oxygen atoms in total. The molecule has 2 aromatic carbocycles. The van der Waals surface area contributed by atoms with Crippen LogP contribution in [0.3, 0.4) is 0 Å². The van der Waals surface area contributed by atoms with E-state index in [-0.39, 0.29) is 16.0 Å². The van der Waals surface area contributed by atoms with Gasteiger partial charge in [0.25, 0.3) is 0 Å². The number of hydrogen-bond donors (Lipinski definition) is 0. The predicted molar refractivity (Wildman–Crippen MR) is 114 cm³/mol. The molecule has 0 saturated carbocycles. The summed E-state index contributed by atoms with van der Waals surface area (Å²) in [7, 11) is -2.09. The molecule has 0 aromatic heterocycles. The minimum atomic E-state index is -3.59. The maximum absolute atomic E-state index is 13.0. The average molecular weight is 439 g/mol. The van der Waals surface area contributed by atoms with Gasteiger partial charge in [-0.05, 0) is 38.1 Å². The highest BCUT2D eigenvalue weighted by molar-refractivity contribution is 7.89. The first-order valence-corrected chi connectivity index (χ1v) is 11.4. The molecule has 2 aromatic rings. The van der Waals surface area contributed by atoms with Gasteiger partial charge in [0, 0.05) is 38.3 Å². The molecule has 0 aliphatic carbocycles. The molecular weight excluding hydrogens is 412 g/mol. The topological polar surface area (TPSA) is 59.1 Å². The minimum Gasteiger partial charge on any atom is -0.495 e. The minimum absolute atomic E-state index is 0.106. The summed E-state index contributed by atoms with van der Waals surface area (Å²) in [6, 6.07) is 12.6. The lowest BCUT2D eigenvalue weighted by Crippen LogP contribution is -2.48. The molecule has 8 heteroatoms. The maximum atomic E-state index is 13.0. The predicted octanol–water partition coefficient (Wildman–Crippen LogP) is 3.64. The monoisotopic (exact) mass is 438 g/mol. The van der Waals surface area contributed by atoms with E-state index in [0.29, 0.717) is 31.9 Å². The Labute approximate surface area is 178 Å². The summed E-state index contributed by atoms with van der Waals surface area (Å²) in [6.45, 7) is 6.90. The van der Waals surface area contributed by atoms with Crippen molar-refractivity contribution in [3.63, 3.8) is 0 Å². The quantitative estimate of drug-likeness (QED) is 0.660. The van der Waals surface area contributed by atoms with Crippen LogP contribution in [0.25, 0.3) is 0 Å². The van der Waals surface area contributed by atoms with Gasteiger partial charge in [0.1, 0.15) is 11.5 Å². The number of hydrogen-bond acceptors (Lipinski definition) is 5. The van der Waals surface area contributed by atoms with Crippen LogP contribution in [0.5, 0.6) is 11.5 Å². The number of rotatable bonds is 7. The second kappa shape index (κ2) is 9.34. The molecule has 1 aliphatic rings. The van der Waals surface area contributed by atoms with Gasteiger partial charge in [-0.25, -0.2) is 8.42 Å². The van der Waals surface area contributed by atoms with Crippen LogP contribution >= 0.6 is 11.6 Å². The first-order valence-electron chi connectivity index (χ1n) is 9.62. The van der Waals surface area contributed by atoms with Crippen LogP contribution in [0.4, 0.5) is 0 Å². The fourth-order valence-electron chi connectivity index (χ4n) is 3.33. The number of para-hydroxylation sites is 1. The molecule has 0 N–H and O–H groups in total. The van der Waals surface area contributed by atoms with E-state index in [2.05, 4.69) is 11.0 Å². The van der Waals surface area contributed by atoms with Crippen molar-refractivity contribution in [2.24, 2.45) is 0 Å². The van der Waals surface area contributed by atoms with Crippen LogP contribution in [-0.4, -0.2) is 57.0 Å². The molecule has 0 amide bonds. The SMILES string of the molecule is COc1ccc(S(=O)(=O)N2CCN(Cc3ccccc3OC(C)C)CC2)cc1Cl. The Morgan fingerprint density at radius 1 is 1.03 bits per heavy atom. The zero-order chi connectivity index (χ0) is 21.0. The van der Waals surface area contributed by atoms with Crippen LogP contribution in [-0.2, 0) is 16.6 Å². The number of methoxy groups -OCH3 is 1. The van der Waals surface area contributed by atoms with Crippen LogP contribution < -0.4 is 9.47 Å². The molecule has 1 aliphatic heterocycles. The van der Waals surface area contributed by atoms with Gasteiger partial charge in [-0.2, -0.15) is 4.31 Å². The van der Waals surface area contributed by atoms with Gasteiger partial charge in [0.05, 0.1) is 23.1 Å². The largest absolute Gasteiger partial charge is 0.495 e. The lowest BCUT2D eigenvalue weighted by molar-refractivity contribution is 0.176. The van der Waals surface area contributed by atoms with E-state index in [4.69, 9.17) is 21.1 Å². The molecule has 0 atom stereocenters. The number of benzene rings is 2. The number of nitrogens with zero attached hydrogens (tertiary/aromatic N) is 2. The van der Waals surface area contributed by atoms with Crippen molar-refractivity contribution in [1.29, 1.82) is 0 Å². The highest BCUT2D eigenvalue weighted by Crippen LogP contribution is 2.29. The molecule has 1 fully saturated rings. The third-order valence-electron chi connectivity index (χ3n) is 4.82. The Morgan fingerprint density at radius 3 is 2.34 bits per heavy atom. The van der Waals surface area contributed by atoms with E-state index in [1.807, 2.05) is 32.0 Å². The van der Waals surface area contributed by atoms with Gasteiger partial charge in [0.15, 0.2) is 0 Å². The third kappa shape index (κ3) is 5.22. The lowest BCUT2D eigenvalue weighted by Gasteiger charge is -2.34. The van der Waals surface area contributed by atoms with E-state index in [1.165, 1.54) is 23.5 Å². The fourth-order valence-corrected chi connectivity index (χ4v) is 5.10. The van der Waals surface area contributed by atoms with E-state index in [9.17, 15) is 8.42 Å². The highest BCUT2D eigenvalue weighted by atomic mass is 35.5. The summed E-state index contributed by atoms with van der Waals surface area (Å²) >= 11 is 6.11. The Kier molecular flexibility index (Phi) is 7.05. The summed E-state index contributed by atoms with van der Waals surface area (Å²) in [5.41, 5.74) is 1.11. The van der Waals surface area contributed by atoms with E-state index in [0.717, 1.165) is 17.9 Å². The molecule has 0 radical (unpaired) electrons. The molecule has 158 valence electrons. The number of halogens is 1. The molecular formula is C21H27ClN2O4S. The van der Waals surface area contributed by atoms with Crippen LogP contribution in [0.1, 0.15) is 19.4 Å². The molecule has 1 saturated heterocycles. The van der Waals surface area contributed by atoms with Gasteiger partial charge in [-0.1, -0.05) is 29.8 Å². The molecule has 0 unspecified atom stereocenters. The van der Waals surface area contributed by atoms with Gasteiger partial charge in [-0.15, -0.1) is 0 Å². The highest BCUT2D eigenvalue weighted by Gasteiger charge is 2.29. The van der Waals surface area contributed by atoms with Crippen LogP contribution in [0.2, 0.25) is 5.02 Å². The van der Waals surface area contributed by atoms with Crippen molar-refractivity contribution in [2.45, 2.75) is 31.4 Å². The smallest absolute Gasteiger partial charge is 0.243 e. The summed E-state index contributed by atoms with van der Waals surface area (Å²) < 4.78 is 38.4. The first-order chi connectivity index (χ1) is 13.8. The lowest BCUT2D eigenvalue weighted by atomic mass is 10.1. The number of ether oxygens (including phenoxy) is 2. The van der Waals surface area contributed by atoms with Crippen molar-refractivity contribution >= 4 is 21.6 Å². The molecule has 0 spiro atoms. The molecule has 3 rings (SSSR count). The number of sulfonamides is 1. The van der Waals surface area contributed by atoms with Crippen molar-refractivity contribution in [2.75, 3.05) is 33.3 Å². The summed E-state index contributed by atoms with van der Waals surface area (Å²) in [6.07, 6.45) is 0.106. The Balaban J connectivity index is 1.65. The average Bonchev–Trinajstić information content (AvgIpc) is 2.69. The summed E-state index contributed by atoms with van der Waals surface area (Å²) in [5.74, 6) is 1.34. The van der Waals surface area contributed by atoms with Gasteiger partial charge >= 0.3 is 0 Å². The van der Waals surface area contributed by atoms with Gasteiger partial charge in [-0.3, -0.25) is 4.90 Å². The van der Waals surface area contributed by atoms with Crippen molar-refractivity contribution in [3.8, 4) is 11.5 Å². The molecule has 0 bridgehead atoms. The van der Waals surface area contributed by atoms with Gasteiger partial charge in [0.2, 0.25) is 10.0 Å². The maximum Gasteiger partial charge on any atom is 0.243 e. The Hall–Kier alpha value is -1.80. The fraction of sp³-hybridized carbons (Fsp3) is 0.429.